The zero-order chi connectivity index (χ0) is 23.1. The maximum Gasteiger partial charge on any atom is 1.00 e. The Bertz CT molecular complexity index is 968. The Kier molecular flexibility index (Phi) is 10.5. The normalized spacial score (nSPS) is 14.5. The molecule has 0 atom stereocenters. The average molecular weight is 461 g/mol. The number of carbonyl (C=O) groups is 2. The number of benzene rings is 2. The second-order valence-electron chi connectivity index (χ2n) is 8.01. The predicted molar refractivity (Wildman–Crippen MR) is 120 cm³/mol. The van der Waals surface area contributed by atoms with Gasteiger partial charge in [0, 0.05) is 22.8 Å². The number of allylic oxidation sites excluding steroid dienone is 1. The smallest absolute Gasteiger partial charge is 0.545 e. The summed E-state index contributed by atoms with van der Waals surface area (Å²) < 4.78 is 15.8. The second-order valence-corrected chi connectivity index (χ2v) is 8.01. The van der Waals surface area contributed by atoms with E-state index in [9.17, 15) is 14.7 Å². The largest absolute Gasteiger partial charge is 1.00 e. The van der Waals surface area contributed by atoms with Crippen LogP contribution >= 0.6 is 0 Å². The van der Waals surface area contributed by atoms with Crippen LogP contribution in [0, 0.1) is 5.92 Å². The number of aliphatic carboxylic acids is 1. The molecule has 0 amide bonds. The Hall–Kier alpha value is -2.28. The van der Waals surface area contributed by atoms with Crippen molar-refractivity contribution >= 4 is 17.3 Å². The Morgan fingerprint density at radius 3 is 1.85 bits per heavy atom. The molecule has 0 saturated heterocycles. The molecule has 2 aromatic rings. The fourth-order valence-electron chi connectivity index (χ4n) is 4.27. The molecule has 1 aliphatic carbocycles. The van der Waals surface area contributed by atoms with Crippen LogP contribution in [0.3, 0.4) is 0 Å². The number of carboxylic acids is 1. The summed E-state index contributed by atoms with van der Waals surface area (Å²) in [6, 6.07) is 11.5. The third kappa shape index (κ3) is 6.85. The van der Waals surface area contributed by atoms with Crippen LogP contribution in [0.1, 0.15) is 54.4 Å². The molecule has 0 unspecified atom stereocenters. The summed E-state index contributed by atoms with van der Waals surface area (Å²) in [5, 5.41) is 12.4. The van der Waals surface area contributed by atoms with Crippen molar-refractivity contribution in [3.05, 3.63) is 59.2 Å². The molecule has 3 rings (SSSR count). The summed E-state index contributed by atoms with van der Waals surface area (Å²) in [6.45, 7) is 0. The molecule has 6 nitrogen and oxygen atoms in total. The average Bonchev–Trinajstić information content (AvgIpc) is 2.83. The van der Waals surface area contributed by atoms with E-state index in [0.29, 0.717) is 34.8 Å². The molecule has 0 aliphatic heterocycles. The SMILES string of the molecule is COc1ccc(C(=O)C(CC2CCCCC2)=C(C(=O)[O-])c2cc(OC)cc(OC)c2)cc1.[Na+]. The van der Waals surface area contributed by atoms with Crippen LogP contribution in [0.5, 0.6) is 17.2 Å². The predicted octanol–water partition coefficient (Wildman–Crippen LogP) is 1.07. The van der Waals surface area contributed by atoms with E-state index in [1.165, 1.54) is 20.6 Å². The van der Waals surface area contributed by atoms with E-state index in [1.807, 2.05) is 0 Å². The van der Waals surface area contributed by atoms with E-state index < -0.39 is 5.97 Å². The molecule has 1 aliphatic rings. The van der Waals surface area contributed by atoms with E-state index in [1.54, 1.807) is 49.6 Å². The summed E-state index contributed by atoms with van der Waals surface area (Å²) in [7, 11) is 4.54. The quantitative estimate of drug-likeness (QED) is 0.316. The topological polar surface area (TPSA) is 84.9 Å². The van der Waals surface area contributed by atoms with Crippen LogP contribution in [-0.4, -0.2) is 33.1 Å². The van der Waals surface area contributed by atoms with E-state index in [4.69, 9.17) is 14.2 Å². The molecule has 0 spiro atoms. The fourth-order valence-corrected chi connectivity index (χ4v) is 4.27. The van der Waals surface area contributed by atoms with E-state index in [2.05, 4.69) is 0 Å². The van der Waals surface area contributed by atoms with Crippen LogP contribution < -0.4 is 48.9 Å². The van der Waals surface area contributed by atoms with E-state index in [0.717, 1.165) is 25.7 Å². The van der Waals surface area contributed by atoms with E-state index in [-0.39, 0.29) is 52.4 Å². The van der Waals surface area contributed by atoms with Crippen molar-refractivity contribution in [1.82, 2.24) is 0 Å². The van der Waals surface area contributed by atoms with Crippen molar-refractivity contribution in [3.63, 3.8) is 0 Å². The Morgan fingerprint density at radius 2 is 1.36 bits per heavy atom. The minimum Gasteiger partial charge on any atom is -0.545 e. The zero-order valence-corrected chi connectivity index (χ0v) is 21.8. The van der Waals surface area contributed by atoms with E-state index >= 15 is 0 Å². The van der Waals surface area contributed by atoms with Gasteiger partial charge in [-0.1, -0.05) is 32.1 Å². The van der Waals surface area contributed by atoms with Gasteiger partial charge < -0.3 is 24.1 Å². The van der Waals surface area contributed by atoms with Crippen molar-refractivity contribution in [2.45, 2.75) is 38.5 Å². The van der Waals surface area contributed by atoms with Crippen LogP contribution in [0.15, 0.2) is 48.0 Å². The Balaban J connectivity index is 0.00000385. The molecule has 0 radical (unpaired) electrons. The van der Waals surface area contributed by atoms with Gasteiger partial charge in [0.05, 0.1) is 27.3 Å². The van der Waals surface area contributed by atoms with Crippen molar-refractivity contribution in [1.29, 1.82) is 0 Å². The summed E-state index contributed by atoms with van der Waals surface area (Å²) >= 11 is 0. The standard InChI is InChI=1S/C26H30O6.Na/c1-30-20-11-9-18(10-12-20)25(27)23(13-17-7-5-4-6-8-17)24(26(28)29)19-14-21(31-2)16-22(15-19)32-3;/h9-12,14-17H,4-8,13H2,1-3H3,(H,28,29);/q;+1/p-1. The second kappa shape index (κ2) is 12.8. The minimum absolute atomic E-state index is 0. The number of ether oxygens (including phenoxy) is 3. The molecule has 0 bridgehead atoms. The fraction of sp³-hybridized carbons (Fsp3) is 0.385. The van der Waals surface area contributed by atoms with Gasteiger partial charge >= 0.3 is 29.6 Å². The van der Waals surface area contributed by atoms with Gasteiger partial charge in [0.1, 0.15) is 17.2 Å². The van der Waals surface area contributed by atoms with Crippen molar-refractivity contribution in [2.75, 3.05) is 21.3 Å². The Morgan fingerprint density at radius 1 is 0.818 bits per heavy atom. The summed E-state index contributed by atoms with van der Waals surface area (Å²) in [5.74, 6) is 0.0334. The monoisotopic (exact) mass is 460 g/mol. The van der Waals surface area contributed by atoms with Crippen molar-refractivity contribution in [3.8, 4) is 17.2 Å². The summed E-state index contributed by atoms with van der Waals surface area (Å²) in [4.78, 5) is 26.0. The molecular formula is C26H29NaO6. The minimum atomic E-state index is -1.40. The molecule has 2 aromatic carbocycles. The number of Topliss-reactive ketones (excluding diaryl/α,β-unsaturated/α-hetero) is 1. The third-order valence-corrected chi connectivity index (χ3v) is 5.99. The van der Waals surface area contributed by atoms with Gasteiger partial charge in [-0.25, -0.2) is 0 Å². The number of ketones is 1. The summed E-state index contributed by atoms with van der Waals surface area (Å²) in [6.07, 6.45) is 5.67. The molecule has 170 valence electrons. The molecule has 1 saturated carbocycles. The molecular weight excluding hydrogens is 431 g/mol. The van der Waals surface area contributed by atoms with Crippen LogP contribution in [0.4, 0.5) is 0 Å². The van der Waals surface area contributed by atoms with Gasteiger partial charge in [-0.15, -0.1) is 0 Å². The first-order valence-electron chi connectivity index (χ1n) is 10.8. The molecule has 7 heteroatoms. The maximum atomic E-state index is 13.6. The number of methoxy groups -OCH3 is 3. The molecule has 33 heavy (non-hydrogen) atoms. The number of carbonyl (C=O) groups excluding carboxylic acids is 2. The van der Waals surface area contributed by atoms with Crippen LogP contribution in [0.2, 0.25) is 0 Å². The first kappa shape index (κ1) is 27.0. The summed E-state index contributed by atoms with van der Waals surface area (Å²) in [5.41, 5.74) is 0.866. The van der Waals surface area contributed by atoms with Gasteiger partial charge in [-0.2, -0.15) is 0 Å². The number of hydrogen-bond donors (Lipinski definition) is 0. The maximum absolute atomic E-state index is 13.6. The third-order valence-electron chi connectivity index (χ3n) is 5.99. The van der Waals surface area contributed by atoms with Gasteiger partial charge in [-0.05, 0) is 54.3 Å². The zero-order valence-electron chi connectivity index (χ0n) is 19.8. The molecule has 1 fully saturated rings. The first-order chi connectivity index (χ1) is 15.5. The van der Waals surface area contributed by atoms with Gasteiger partial charge in [-0.3, -0.25) is 4.79 Å². The number of carboxylic acid groups (broad SMARTS) is 1. The number of rotatable bonds is 9. The van der Waals surface area contributed by atoms with Gasteiger partial charge in [0.2, 0.25) is 0 Å². The van der Waals surface area contributed by atoms with Crippen LogP contribution in [-0.2, 0) is 4.79 Å². The molecule has 0 heterocycles. The molecule has 0 N–H and O–H groups in total. The van der Waals surface area contributed by atoms with Crippen molar-refractivity contribution < 1.29 is 58.5 Å². The Labute approximate surface area is 217 Å². The molecule has 0 aromatic heterocycles. The van der Waals surface area contributed by atoms with Gasteiger partial charge in [0.15, 0.2) is 5.78 Å². The number of hydrogen-bond acceptors (Lipinski definition) is 6. The first-order valence-corrected chi connectivity index (χ1v) is 10.8. The van der Waals surface area contributed by atoms with Crippen LogP contribution in [0.25, 0.3) is 5.57 Å². The van der Waals surface area contributed by atoms with Crippen molar-refractivity contribution in [2.24, 2.45) is 5.92 Å². The van der Waals surface area contributed by atoms with Gasteiger partial charge in [0.25, 0.3) is 0 Å².